The molecule has 0 bridgehead atoms. The molecule has 2 rings (SSSR count). The van der Waals surface area contributed by atoms with Crippen LogP contribution in [0.1, 0.15) is 31.7 Å². The number of hydrogen-bond donors (Lipinski definition) is 2. The van der Waals surface area contributed by atoms with Gasteiger partial charge in [0.15, 0.2) is 0 Å². The van der Waals surface area contributed by atoms with Gasteiger partial charge in [-0.15, -0.1) is 11.3 Å². The summed E-state index contributed by atoms with van der Waals surface area (Å²) in [6.07, 6.45) is 0. The molecule has 2 aromatic rings. The lowest BCUT2D eigenvalue weighted by atomic mass is 9.86. The maximum absolute atomic E-state index is 12.4. The standard InChI is InChI=1S/C19H26N2O3S/c1-19(2,3)18(16-7-6-8-25-16)20-12-17(22)21-13-9-14(23-4)11-15(10-13)24-5/h6-11,18,20H,12H2,1-5H3,(H,21,22). The Morgan fingerprint density at radius 3 is 2.28 bits per heavy atom. The summed E-state index contributed by atoms with van der Waals surface area (Å²) < 4.78 is 10.5. The minimum absolute atomic E-state index is 0.00429. The molecule has 1 aromatic heterocycles. The molecule has 5 nitrogen and oxygen atoms in total. The summed E-state index contributed by atoms with van der Waals surface area (Å²) in [6.45, 7) is 6.71. The third-order valence-electron chi connectivity index (χ3n) is 3.80. The molecule has 1 heterocycles. The highest BCUT2D eigenvalue weighted by Crippen LogP contribution is 2.35. The number of carbonyl (C=O) groups is 1. The largest absolute Gasteiger partial charge is 0.497 e. The van der Waals surface area contributed by atoms with Crippen LogP contribution in [0.2, 0.25) is 0 Å². The van der Waals surface area contributed by atoms with E-state index in [4.69, 9.17) is 9.47 Å². The number of amides is 1. The van der Waals surface area contributed by atoms with Gasteiger partial charge in [0.25, 0.3) is 0 Å². The second kappa shape index (κ2) is 8.36. The second-order valence-corrected chi connectivity index (χ2v) is 7.82. The molecule has 0 spiro atoms. The Hall–Kier alpha value is -2.05. The molecule has 0 aliphatic rings. The quantitative estimate of drug-likeness (QED) is 0.779. The smallest absolute Gasteiger partial charge is 0.238 e. The van der Waals surface area contributed by atoms with Crippen molar-refractivity contribution in [1.29, 1.82) is 0 Å². The molecule has 0 saturated carbocycles. The monoisotopic (exact) mass is 362 g/mol. The van der Waals surface area contributed by atoms with Gasteiger partial charge in [-0.25, -0.2) is 0 Å². The molecule has 0 aliphatic heterocycles. The molecule has 1 aromatic carbocycles. The number of carbonyl (C=O) groups excluding carboxylic acids is 1. The minimum Gasteiger partial charge on any atom is -0.497 e. The second-order valence-electron chi connectivity index (χ2n) is 6.84. The highest BCUT2D eigenvalue weighted by Gasteiger charge is 2.27. The minimum atomic E-state index is -0.110. The van der Waals surface area contributed by atoms with Gasteiger partial charge in [0, 0.05) is 34.8 Å². The summed E-state index contributed by atoms with van der Waals surface area (Å²) in [5, 5.41) is 8.31. The Bertz CT molecular complexity index is 671. The van der Waals surface area contributed by atoms with Gasteiger partial charge in [-0.05, 0) is 16.9 Å². The van der Waals surface area contributed by atoms with Crippen molar-refractivity contribution in [1.82, 2.24) is 5.32 Å². The van der Waals surface area contributed by atoms with E-state index in [1.54, 1.807) is 43.8 Å². The van der Waals surface area contributed by atoms with Gasteiger partial charge >= 0.3 is 0 Å². The van der Waals surface area contributed by atoms with Crippen LogP contribution in [0.3, 0.4) is 0 Å². The van der Waals surface area contributed by atoms with Crippen molar-refractivity contribution >= 4 is 22.9 Å². The number of rotatable bonds is 7. The summed E-state index contributed by atoms with van der Waals surface area (Å²) >= 11 is 1.70. The molecule has 2 N–H and O–H groups in total. The van der Waals surface area contributed by atoms with Crippen molar-refractivity contribution in [3.8, 4) is 11.5 Å². The molecule has 1 unspecified atom stereocenters. The lowest BCUT2D eigenvalue weighted by Crippen LogP contribution is -2.37. The number of nitrogens with one attached hydrogen (secondary N) is 2. The fourth-order valence-corrected chi connectivity index (χ4v) is 3.61. The summed E-state index contributed by atoms with van der Waals surface area (Å²) in [5.74, 6) is 1.16. The number of ether oxygens (including phenoxy) is 2. The fraction of sp³-hybridized carbons (Fsp3) is 0.421. The Kier molecular flexibility index (Phi) is 6.45. The molecule has 1 atom stereocenters. The molecule has 25 heavy (non-hydrogen) atoms. The first-order valence-corrected chi connectivity index (χ1v) is 9.01. The maximum Gasteiger partial charge on any atom is 0.238 e. The Labute approximate surface area is 153 Å². The molecular weight excluding hydrogens is 336 g/mol. The van der Waals surface area contributed by atoms with Gasteiger partial charge in [-0.2, -0.15) is 0 Å². The van der Waals surface area contributed by atoms with Crippen molar-refractivity contribution in [2.24, 2.45) is 5.41 Å². The molecule has 0 saturated heterocycles. The first kappa shape index (κ1) is 19.3. The SMILES string of the molecule is COc1cc(NC(=O)CNC(c2cccs2)C(C)(C)C)cc(OC)c1. The number of methoxy groups -OCH3 is 2. The zero-order valence-corrected chi connectivity index (χ0v) is 16.2. The van der Waals surface area contributed by atoms with Crippen LogP contribution in [0.15, 0.2) is 35.7 Å². The van der Waals surface area contributed by atoms with Crippen LogP contribution in [0, 0.1) is 5.41 Å². The molecule has 0 fully saturated rings. The highest BCUT2D eigenvalue weighted by atomic mass is 32.1. The summed E-state index contributed by atoms with van der Waals surface area (Å²) in [5.41, 5.74) is 0.649. The van der Waals surface area contributed by atoms with Gasteiger partial charge in [0.05, 0.1) is 20.8 Å². The first-order valence-electron chi connectivity index (χ1n) is 8.13. The summed E-state index contributed by atoms with van der Waals surface area (Å²) in [7, 11) is 3.16. The van der Waals surface area contributed by atoms with Crippen LogP contribution in [0.25, 0.3) is 0 Å². The van der Waals surface area contributed by atoms with Crippen LogP contribution >= 0.6 is 11.3 Å². The van der Waals surface area contributed by atoms with Gasteiger partial charge in [-0.1, -0.05) is 26.8 Å². The maximum atomic E-state index is 12.4. The predicted octanol–water partition coefficient (Wildman–Crippen LogP) is 4.08. The van der Waals surface area contributed by atoms with Gasteiger partial charge < -0.3 is 20.1 Å². The lowest BCUT2D eigenvalue weighted by molar-refractivity contribution is -0.115. The summed E-state index contributed by atoms with van der Waals surface area (Å²) in [4.78, 5) is 13.6. The first-order chi connectivity index (χ1) is 11.8. The average molecular weight is 362 g/mol. The normalized spacial score (nSPS) is 12.5. The molecule has 1 amide bonds. The van der Waals surface area contributed by atoms with Gasteiger partial charge in [0.1, 0.15) is 11.5 Å². The molecule has 0 aliphatic carbocycles. The summed E-state index contributed by atoms with van der Waals surface area (Å²) in [6, 6.07) is 9.53. The van der Waals surface area contributed by atoms with Crippen molar-refractivity contribution in [3.05, 3.63) is 40.6 Å². The van der Waals surface area contributed by atoms with E-state index in [1.165, 1.54) is 4.88 Å². The van der Waals surface area contributed by atoms with Crippen LogP contribution in [-0.2, 0) is 4.79 Å². The molecule has 6 heteroatoms. The van der Waals surface area contributed by atoms with Gasteiger partial charge in [0.2, 0.25) is 5.91 Å². The van der Waals surface area contributed by atoms with E-state index >= 15 is 0 Å². The number of hydrogen-bond acceptors (Lipinski definition) is 5. The Balaban J connectivity index is 2.02. The Morgan fingerprint density at radius 2 is 1.80 bits per heavy atom. The topological polar surface area (TPSA) is 59.6 Å². The van der Waals surface area contributed by atoms with Crippen LogP contribution in [-0.4, -0.2) is 26.7 Å². The van der Waals surface area contributed by atoms with E-state index in [2.05, 4.69) is 42.9 Å². The van der Waals surface area contributed by atoms with Crippen LogP contribution in [0.4, 0.5) is 5.69 Å². The lowest BCUT2D eigenvalue weighted by Gasteiger charge is -2.30. The zero-order chi connectivity index (χ0) is 18.4. The van der Waals surface area contributed by atoms with Crippen LogP contribution in [0.5, 0.6) is 11.5 Å². The third kappa shape index (κ3) is 5.47. The van der Waals surface area contributed by atoms with E-state index in [0.717, 1.165) is 0 Å². The van der Waals surface area contributed by atoms with Gasteiger partial charge in [-0.3, -0.25) is 4.79 Å². The van der Waals surface area contributed by atoms with E-state index < -0.39 is 0 Å². The average Bonchev–Trinajstić information content (AvgIpc) is 3.07. The number of anilines is 1. The number of thiophene rings is 1. The van der Waals surface area contributed by atoms with E-state index in [9.17, 15) is 4.79 Å². The zero-order valence-electron chi connectivity index (χ0n) is 15.4. The van der Waals surface area contributed by atoms with Crippen molar-refractivity contribution in [2.45, 2.75) is 26.8 Å². The third-order valence-corrected chi connectivity index (χ3v) is 4.73. The highest BCUT2D eigenvalue weighted by molar-refractivity contribution is 7.10. The predicted molar refractivity (Wildman–Crippen MR) is 103 cm³/mol. The van der Waals surface area contributed by atoms with E-state index in [-0.39, 0.29) is 23.9 Å². The Morgan fingerprint density at radius 1 is 1.16 bits per heavy atom. The fourth-order valence-electron chi connectivity index (χ4n) is 2.57. The van der Waals surface area contributed by atoms with Crippen molar-refractivity contribution < 1.29 is 14.3 Å². The van der Waals surface area contributed by atoms with Crippen LogP contribution < -0.4 is 20.1 Å². The van der Waals surface area contributed by atoms with Crippen molar-refractivity contribution in [2.75, 3.05) is 26.1 Å². The molecular formula is C19H26N2O3S. The molecule has 136 valence electrons. The number of benzene rings is 1. The molecule has 0 radical (unpaired) electrons. The van der Waals surface area contributed by atoms with E-state index in [0.29, 0.717) is 17.2 Å². The van der Waals surface area contributed by atoms with Crippen molar-refractivity contribution in [3.63, 3.8) is 0 Å². The van der Waals surface area contributed by atoms with E-state index in [1.807, 2.05) is 6.07 Å².